The summed E-state index contributed by atoms with van der Waals surface area (Å²) in [5, 5.41) is 14.0. The van der Waals surface area contributed by atoms with Gasteiger partial charge in [-0.1, -0.05) is 61.7 Å². The number of carbonyl (C=O) groups is 1. The highest BCUT2D eigenvalue weighted by Gasteiger charge is 2.56. The SMILES string of the molecule is O=C(NCCc1ccc(OCc2ccccc2)cc1)C(O)C12CC3CCCC(C1)C(C3)C2. The first-order valence-corrected chi connectivity index (χ1v) is 12.3. The number of carbonyl (C=O) groups excluding carboxylic acids is 1. The summed E-state index contributed by atoms with van der Waals surface area (Å²) in [7, 11) is 0. The summed E-state index contributed by atoms with van der Waals surface area (Å²) in [4.78, 5) is 12.8. The molecule has 5 rings (SSSR count). The molecule has 1 amide bonds. The van der Waals surface area contributed by atoms with Gasteiger partial charge in [0.25, 0.3) is 0 Å². The van der Waals surface area contributed by atoms with Crippen molar-refractivity contribution in [2.75, 3.05) is 6.54 Å². The summed E-state index contributed by atoms with van der Waals surface area (Å²) in [6, 6.07) is 18.2. The normalized spacial score (nSPS) is 29.3. The minimum absolute atomic E-state index is 0.166. The van der Waals surface area contributed by atoms with Crippen molar-refractivity contribution >= 4 is 5.91 Å². The van der Waals surface area contributed by atoms with Gasteiger partial charge in [-0.25, -0.2) is 0 Å². The Kier molecular flexibility index (Phi) is 6.23. The average Bonchev–Trinajstić information content (AvgIpc) is 2.99. The Labute approximate surface area is 191 Å². The maximum Gasteiger partial charge on any atom is 0.249 e. The first kappa shape index (κ1) is 21.5. The van der Waals surface area contributed by atoms with Crippen LogP contribution in [0.4, 0.5) is 0 Å². The zero-order valence-corrected chi connectivity index (χ0v) is 18.8. The smallest absolute Gasteiger partial charge is 0.249 e. The number of hydrogen-bond donors (Lipinski definition) is 2. The van der Waals surface area contributed by atoms with Crippen molar-refractivity contribution in [1.29, 1.82) is 0 Å². The summed E-state index contributed by atoms with van der Waals surface area (Å²) in [5.74, 6) is 2.85. The molecule has 4 nitrogen and oxygen atoms in total. The van der Waals surface area contributed by atoms with Crippen molar-refractivity contribution in [3.8, 4) is 5.75 Å². The van der Waals surface area contributed by atoms with Crippen molar-refractivity contribution in [1.82, 2.24) is 5.32 Å². The molecule has 32 heavy (non-hydrogen) atoms. The van der Waals surface area contributed by atoms with E-state index in [-0.39, 0.29) is 11.3 Å². The molecule has 3 bridgehead atoms. The van der Waals surface area contributed by atoms with Crippen LogP contribution in [-0.4, -0.2) is 23.7 Å². The molecule has 2 aromatic carbocycles. The van der Waals surface area contributed by atoms with Crippen LogP contribution in [0.5, 0.6) is 5.75 Å². The molecule has 3 aliphatic rings. The second-order valence-electron chi connectivity index (χ2n) is 10.4. The van der Waals surface area contributed by atoms with Gasteiger partial charge in [-0.2, -0.15) is 0 Å². The Morgan fingerprint density at radius 1 is 1.00 bits per heavy atom. The van der Waals surface area contributed by atoms with E-state index >= 15 is 0 Å². The highest BCUT2D eigenvalue weighted by molar-refractivity contribution is 5.81. The lowest BCUT2D eigenvalue weighted by Gasteiger charge is -2.40. The fourth-order valence-electron chi connectivity index (χ4n) is 6.75. The molecule has 0 aliphatic heterocycles. The molecule has 3 fully saturated rings. The van der Waals surface area contributed by atoms with Crippen molar-refractivity contribution in [3.63, 3.8) is 0 Å². The summed E-state index contributed by atoms with van der Waals surface area (Å²) >= 11 is 0. The molecule has 0 heterocycles. The number of fused-ring (bicyclic) bond motifs is 2. The number of nitrogens with one attached hydrogen (secondary N) is 1. The van der Waals surface area contributed by atoms with E-state index in [1.807, 2.05) is 42.5 Å². The Hall–Kier alpha value is -2.33. The lowest BCUT2D eigenvalue weighted by molar-refractivity contribution is -0.138. The molecular weight excluding hydrogens is 398 g/mol. The number of ether oxygens (including phenoxy) is 1. The van der Waals surface area contributed by atoms with Gasteiger partial charge in [0.2, 0.25) is 5.91 Å². The van der Waals surface area contributed by atoms with E-state index in [0.29, 0.717) is 19.1 Å². The first-order valence-electron chi connectivity index (χ1n) is 12.3. The Balaban J connectivity index is 1.09. The van der Waals surface area contributed by atoms with Crippen LogP contribution in [0.25, 0.3) is 0 Å². The Morgan fingerprint density at radius 3 is 2.59 bits per heavy atom. The molecule has 0 aromatic heterocycles. The molecule has 2 aromatic rings. The second-order valence-corrected chi connectivity index (χ2v) is 10.4. The maximum atomic E-state index is 12.8. The van der Waals surface area contributed by atoms with Crippen LogP contribution < -0.4 is 10.1 Å². The van der Waals surface area contributed by atoms with E-state index in [1.165, 1.54) is 25.7 Å². The predicted molar refractivity (Wildman–Crippen MR) is 125 cm³/mol. The van der Waals surface area contributed by atoms with E-state index in [1.54, 1.807) is 0 Å². The molecule has 5 atom stereocenters. The van der Waals surface area contributed by atoms with Crippen molar-refractivity contribution in [2.24, 2.45) is 23.2 Å². The third-order valence-electron chi connectivity index (χ3n) is 8.24. The maximum absolute atomic E-state index is 12.8. The molecule has 170 valence electrons. The minimum atomic E-state index is -0.857. The summed E-state index contributed by atoms with van der Waals surface area (Å²) < 4.78 is 5.84. The Morgan fingerprint density at radius 2 is 1.78 bits per heavy atom. The molecule has 0 radical (unpaired) electrons. The molecule has 0 saturated heterocycles. The summed E-state index contributed by atoms with van der Waals surface area (Å²) in [5.41, 5.74) is 2.13. The number of hydrogen-bond acceptors (Lipinski definition) is 3. The Bertz CT molecular complexity index is 908. The van der Waals surface area contributed by atoms with Gasteiger partial charge in [0.05, 0.1) is 0 Å². The average molecular weight is 434 g/mol. The van der Waals surface area contributed by atoms with E-state index < -0.39 is 6.10 Å². The number of benzene rings is 2. The van der Waals surface area contributed by atoms with Crippen molar-refractivity contribution in [3.05, 3.63) is 65.7 Å². The zero-order chi connectivity index (χ0) is 22.0. The van der Waals surface area contributed by atoms with E-state index in [2.05, 4.69) is 17.4 Å². The van der Waals surface area contributed by atoms with Crippen LogP contribution in [-0.2, 0) is 17.8 Å². The topological polar surface area (TPSA) is 58.6 Å². The van der Waals surface area contributed by atoms with Crippen LogP contribution in [0.3, 0.4) is 0 Å². The molecular formula is C28H35NO3. The van der Waals surface area contributed by atoms with Gasteiger partial charge >= 0.3 is 0 Å². The van der Waals surface area contributed by atoms with Crippen LogP contribution >= 0.6 is 0 Å². The highest BCUT2D eigenvalue weighted by Crippen LogP contribution is 2.61. The lowest BCUT2D eigenvalue weighted by Crippen LogP contribution is -2.48. The van der Waals surface area contributed by atoms with Crippen LogP contribution in [0, 0.1) is 23.2 Å². The van der Waals surface area contributed by atoms with Gasteiger partial charge in [-0.3, -0.25) is 4.79 Å². The summed E-state index contributed by atoms with van der Waals surface area (Å²) in [6.07, 6.45) is 8.27. The van der Waals surface area contributed by atoms with Gasteiger partial charge in [-0.15, -0.1) is 0 Å². The van der Waals surface area contributed by atoms with Crippen LogP contribution in [0.1, 0.15) is 56.1 Å². The molecule has 3 saturated carbocycles. The molecule has 2 N–H and O–H groups in total. The monoisotopic (exact) mass is 433 g/mol. The first-order chi connectivity index (χ1) is 15.6. The number of amides is 1. The third-order valence-corrected chi connectivity index (χ3v) is 8.24. The van der Waals surface area contributed by atoms with Gasteiger partial charge in [0.15, 0.2) is 0 Å². The molecule has 3 aliphatic carbocycles. The second kappa shape index (κ2) is 9.27. The predicted octanol–water partition coefficient (Wildman–Crippen LogP) is 4.89. The van der Waals surface area contributed by atoms with Gasteiger partial charge in [0.1, 0.15) is 18.5 Å². The zero-order valence-electron chi connectivity index (χ0n) is 18.8. The lowest BCUT2D eigenvalue weighted by atomic mass is 9.66. The van der Waals surface area contributed by atoms with E-state index in [9.17, 15) is 9.90 Å². The molecule has 4 heteroatoms. The number of aliphatic hydroxyl groups is 1. The fraction of sp³-hybridized carbons (Fsp3) is 0.536. The van der Waals surface area contributed by atoms with E-state index in [4.69, 9.17) is 4.74 Å². The fourth-order valence-corrected chi connectivity index (χ4v) is 6.75. The third kappa shape index (κ3) is 4.56. The van der Waals surface area contributed by atoms with Gasteiger partial charge < -0.3 is 15.2 Å². The molecule has 5 unspecified atom stereocenters. The summed E-state index contributed by atoms with van der Waals surface area (Å²) in [6.45, 7) is 1.10. The van der Waals surface area contributed by atoms with Crippen molar-refractivity contribution in [2.45, 2.75) is 64.1 Å². The van der Waals surface area contributed by atoms with Gasteiger partial charge in [-0.05, 0) is 73.1 Å². The van der Waals surface area contributed by atoms with Crippen LogP contribution in [0.2, 0.25) is 0 Å². The quantitative estimate of drug-likeness (QED) is 0.623. The van der Waals surface area contributed by atoms with E-state index in [0.717, 1.165) is 54.4 Å². The standard InChI is InChI=1S/C28H35NO3/c30-26(28-16-22-7-4-8-23(17-28)24(15-22)18-28)27(31)29-14-13-20-9-11-25(12-10-20)32-19-21-5-2-1-3-6-21/h1-3,5-6,9-12,22-24,26,30H,4,7-8,13-19H2,(H,29,31). The minimum Gasteiger partial charge on any atom is -0.489 e. The number of rotatable bonds is 8. The van der Waals surface area contributed by atoms with Crippen LogP contribution in [0.15, 0.2) is 54.6 Å². The molecule has 0 spiro atoms. The largest absolute Gasteiger partial charge is 0.489 e. The van der Waals surface area contributed by atoms with Gasteiger partial charge in [0, 0.05) is 12.0 Å². The highest BCUT2D eigenvalue weighted by atomic mass is 16.5. The number of aliphatic hydroxyl groups excluding tert-OH is 1. The van der Waals surface area contributed by atoms with Crippen molar-refractivity contribution < 1.29 is 14.6 Å².